The first kappa shape index (κ1) is 66.5. The predicted octanol–water partition coefficient (Wildman–Crippen LogP) is 27.1. The SMILES string of the molecule is Brc1ccc2c(c1)C1(c3ccccc3-c3ccccc31)c1ccccc1-2.CC1(C)c2ccccc2-c2ccc(Cc3ccc(-c4ccccc4)cc3)cc21.CC1(C)c2ccccc2-c2ccc(N(c3ccc(-c4ccccc4)cc3)c3ccc4c(c3)C3(c5ccccc5-c5ccccc53)c3ccccc3-4)cc21.[B-]. The van der Waals surface area contributed by atoms with Gasteiger partial charge in [-0.2, -0.15) is 0 Å². The molecule has 0 aromatic heterocycles. The molecule has 22 rings (SSSR count). The van der Waals surface area contributed by atoms with Gasteiger partial charge in [-0.3, -0.25) is 0 Å². The summed E-state index contributed by atoms with van der Waals surface area (Å²) < 4.78 is 1.13. The molecule has 108 heavy (non-hydrogen) atoms. The zero-order valence-corrected chi connectivity index (χ0v) is 62.5. The molecule has 0 N–H and O–H groups in total. The molecule has 0 heterocycles. The number of fused-ring (bicyclic) bond motifs is 26. The van der Waals surface area contributed by atoms with E-state index in [-0.39, 0.29) is 24.7 Å². The highest BCUT2D eigenvalue weighted by Gasteiger charge is 2.53. The van der Waals surface area contributed by atoms with E-state index in [1.165, 1.54) is 167 Å². The molecule has 16 aromatic carbocycles. The van der Waals surface area contributed by atoms with Crippen LogP contribution in [0.4, 0.5) is 17.1 Å². The summed E-state index contributed by atoms with van der Waals surface area (Å²) in [6, 6.07) is 139. The fourth-order valence-corrected chi connectivity index (χ4v) is 19.9. The maximum Gasteiger partial charge on any atom is 0.0726 e. The molecule has 0 amide bonds. The molecule has 1 nitrogen and oxygen atoms in total. The Labute approximate surface area is 644 Å². The zero-order valence-electron chi connectivity index (χ0n) is 60.9. The first-order valence-electron chi connectivity index (χ1n) is 37.6. The molecule has 6 aliphatic carbocycles. The van der Waals surface area contributed by atoms with Crippen LogP contribution in [0.3, 0.4) is 0 Å². The van der Waals surface area contributed by atoms with Gasteiger partial charge in [0.05, 0.1) is 10.8 Å². The van der Waals surface area contributed by atoms with Gasteiger partial charge >= 0.3 is 0 Å². The molecule has 512 valence electrons. The summed E-state index contributed by atoms with van der Waals surface area (Å²) in [6.45, 7) is 9.42. The van der Waals surface area contributed by atoms with E-state index >= 15 is 0 Å². The number of halogens is 1. The molecule has 0 aliphatic heterocycles. The third-order valence-electron chi connectivity index (χ3n) is 24.4. The number of hydrogen-bond acceptors (Lipinski definition) is 1. The van der Waals surface area contributed by atoms with E-state index in [1.807, 2.05) is 0 Å². The Morgan fingerprint density at radius 1 is 0.213 bits per heavy atom. The van der Waals surface area contributed by atoms with Crippen LogP contribution in [0, 0.1) is 0 Å². The zero-order chi connectivity index (χ0) is 71.8. The Morgan fingerprint density at radius 3 is 0.870 bits per heavy atom. The van der Waals surface area contributed by atoms with Gasteiger partial charge in [-0.1, -0.05) is 371 Å². The second-order valence-electron chi connectivity index (χ2n) is 30.6. The highest BCUT2D eigenvalue weighted by atomic mass is 79.9. The largest absolute Gasteiger partial charge is 1.00 e. The number of rotatable bonds is 7. The van der Waals surface area contributed by atoms with Crippen molar-refractivity contribution in [3.8, 4) is 89.0 Å². The maximum atomic E-state index is 3.72. The van der Waals surface area contributed by atoms with Crippen LogP contribution in [0.25, 0.3) is 89.0 Å². The summed E-state index contributed by atoms with van der Waals surface area (Å²) in [5.41, 5.74) is 43.3. The lowest BCUT2D eigenvalue weighted by Gasteiger charge is -2.32. The van der Waals surface area contributed by atoms with Crippen molar-refractivity contribution in [3.63, 3.8) is 0 Å². The summed E-state index contributed by atoms with van der Waals surface area (Å²) in [5, 5.41) is 0. The Balaban J connectivity index is 0.000000121. The average molecular weight is 1440 g/mol. The Kier molecular flexibility index (Phi) is 15.9. The van der Waals surface area contributed by atoms with Crippen LogP contribution in [0.15, 0.2) is 381 Å². The van der Waals surface area contributed by atoms with Crippen LogP contribution in [0.2, 0.25) is 0 Å². The fourth-order valence-electron chi connectivity index (χ4n) is 19.5. The van der Waals surface area contributed by atoms with Crippen LogP contribution in [0.1, 0.15) is 106 Å². The number of nitrogens with zero attached hydrogens (tertiary/aromatic N) is 1. The molecular weight excluding hydrogens is 1370 g/mol. The van der Waals surface area contributed by atoms with Crippen molar-refractivity contribution >= 4 is 41.4 Å². The molecule has 2 spiro atoms. The number of anilines is 3. The minimum Gasteiger partial charge on any atom is -1.00 e. The summed E-state index contributed by atoms with van der Waals surface area (Å²) in [4.78, 5) is 2.47. The van der Waals surface area contributed by atoms with Crippen LogP contribution in [-0.4, -0.2) is 8.41 Å². The van der Waals surface area contributed by atoms with E-state index in [1.54, 1.807) is 0 Å². The third kappa shape index (κ3) is 10.0. The first-order chi connectivity index (χ1) is 52.5. The van der Waals surface area contributed by atoms with Crippen LogP contribution < -0.4 is 4.90 Å². The maximum absolute atomic E-state index is 3.72. The fraction of sp³-hybridized carbons (Fsp3) is 0.0857. The summed E-state index contributed by atoms with van der Waals surface area (Å²) in [6.07, 6.45) is 0.967. The van der Waals surface area contributed by atoms with Crippen molar-refractivity contribution in [2.24, 2.45) is 0 Å². The normalized spacial score (nSPS) is 14.2. The smallest absolute Gasteiger partial charge is 0.0726 e. The van der Waals surface area contributed by atoms with Gasteiger partial charge in [0.2, 0.25) is 0 Å². The van der Waals surface area contributed by atoms with Gasteiger partial charge < -0.3 is 13.3 Å². The van der Waals surface area contributed by atoms with E-state index < -0.39 is 5.41 Å². The van der Waals surface area contributed by atoms with Gasteiger partial charge in [0.15, 0.2) is 0 Å². The monoisotopic (exact) mass is 1440 g/mol. The van der Waals surface area contributed by atoms with Gasteiger partial charge in [0.1, 0.15) is 0 Å². The summed E-state index contributed by atoms with van der Waals surface area (Å²) >= 11 is 3.72. The summed E-state index contributed by atoms with van der Waals surface area (Å²) in [5.74, 6) is 0. The molecule has 4 radical (unpaired) electrons. The van der Waals surface area contributed by atoms with E-state index in [9.17, 15) is 0 Å². The number of hydrogen-bond donors (Lipinski definition) is 0. The lowest BCUT2D eigenvalue weighted by Crippen LogP contribution is -2.26. The highest BCUT2D eigenvalue weighted by Crippen LogP contribution is 2.65. The van der Waals surface area contributed by atoms with Crippen molar-refractivity contribution in [2.45, 2.75) is 55.8 Å². The third-order valence-corrected chi connectivity index (χ3v) is 24.9. The molecule has 3 heteroatoms. The van der Waals surface area contributed by atoms with E-state index in [0.717, 1.165) is 28.0 Å². The molecule has 16 aromatic rings. The van der Waals surface area contributed by atoms with Crippen molar-refractivity contribution in [3.05, 3.63) is 458 Å². The minimum atomic E-state index is -0.403. The van der Waals surface area contributed by atoms with Gasteiger partial charge in [-0.15, -0.1) is 0 Å². The predicted molar refractivity (Wildman–Crippen MR) is 455 cm³/mol. The molecule has 0 saturated heterocycles. The van der Waals surface area contributed by atoms with Crippen LogP contribution in [0.5, 0.6) is 0 Å². The Bertz CT molecular complexity index is 6110. The van der Waals surface area contributed by atoms with E-state index in [4.69, 9.17) is 0 Å². The second-order valence-corrected chi connectivity index (χ2v) is 31.5. The molecule has 0 fully saturated rings. The molecule has 0 saturated carbocycles. The van der Waals surface area contributed by atoms with Crippen molar-refractivity contribution < 1.29 is 0 Å². The van der Waals surface area contributed by atoms with Crippen LogP contribution >= 0.6 is 15.9 Å². The quantitative estimate of drug-likeness (QED) is 0.144. The number of benzene rings is 16. The molecular formula is C105H76BBrN-. The highest BCUT2D eigenvalue weighted by molar-refractivity contribution is 9.10. The molecule has 0 bridgehead atoms. The van der Waals surface area contributed by atoms with Gasteiger partial charge in [-0.25, -0.2) is 0 Å². The summed E-state index contributed by atoms with van der Waals surface area (Å²) in [7, 11) is 0. The second kappa shape index (κ2) is 25.8. The van der Waals surface area contributed by atoms with Gasteiger partial charge in [-0.05, 0) is 222 Å². The van der Waals surface area contributed by atoms with Gasteiger partial charge in [0.25, 0.3) is 0 Å². The Hall–Kier alpha value is -12.1. The van der Waals surface area contributed by atoms with Crippen molar-refractivity contribution in [2.75, 3.05) is 4.90 Å². The van der Waals surface area contributed by atoms with Gasteiger partial charge in [0, 0.05) is 32.4 Å². The Morgan fingerprint density at radius 2 is 0.472 bits per heavy atom. The topological polar surface area (TPSA) is 3.24 Å². The molecule has 0 unspecified atom stereocenters. The van der Waals surface area contributed by atoms with Crippen molar-refractivity contribution in [1.82, 2.24) is 0 Å². The standard InChI is InChI=1S/C52H37N.C28H24.C25H15Br.B/c1-51(2)45-20-10-6-16-39(45)43-30-28-37(32-49(43)51)53(36-26-24-35(25-27-36)34-14-4-3-5-15-34)38-29-31-44-42-19-9-13-23-48(42)52(50(44)33-38)46-21-11-7-17-40(46)41-18-8-12-22-47(41)52;1-28(2)26-11-7-6-10-24(26)25-17-14-21(19-27(25)28)18-20-12-15-23(16-13-20)22-8-4-3-5-9-22;26-16-13-14-20-19-9-3-6-12-23(19)25(24(20)15-16)21-10-4-1-7-17(21)18-8-2-5-11-22(18)25;/h3-33H,1-2H3;3-17,19H,18H2,1-2H3;1-15H;/q;;;-1. The van der Waals surface area contributed by atoms with E-state index in [0.29, 0.717) is 0 Å². The minimum absolute atomic E-state index is 0. The first-order valence-corrected chi connectivity index (χ1v) is 38.4. The molecule has 6 aliphatic rings. The van der Waals surface area contributed by atoms with Crippen LogP contribution in [-0.2, 0) is 28.1 Å². The average Bonchev–Trinajstić information content (AvgIpc) is 1.51. The van der Waals surface area contributed by atoms with E-state index in [2.05, 4.69) is 425 Å². The lowest BCUT2D eigenvalue weighted by molar-refractivity contribution is 0.659. The molecule has 0 atom stereocenters. The van der Waals surface area contributed by atoms with Crippen molar-refractivity contribution in [1.29, 1.82) is 0 Å². The lowest BCUT2D eigenvalue weighted by atomic mass is 9.70.